The molecule has 0 atom stereocenters. The van der Waals surface area contributed by atoms with E-state index >= 15 is 0 Å². The number of anilines is 1. The van der Waals surface area contributed by atoms with Crippen molar-refractivity contribution in [2.24, 2.45) is 5.92 Å². The summed E-state index contributed by atoms with van der Waals surface area (Å²) >= 11 is 1.56. The number of aryl methyl sites for hydroxylation is 1. The number of nitrogens with one attached hydrogen (secondary N) is 2. The van der Waals surface area contributed by atoms with Gasteiger partial charge in [0, 0.05) is 17.0 Å². The fraction of sp³-hybridized carbons (Fsp3) is 0.250. The number of carbonyl (C=O) groups excluding carboxylic acids is 2. The largest absolute Gasteiger partial charge is 0.347 e. The van der Waals surface area contributed by atoms with Crippen molar-refractivity contribution in [1.29, 1.82) is 0 Å². The van der Waals surface area contributed by atoms with Crippen molar-refractivity contribution in [2.75, 3.05) is 5.32 Å². The summed E-state index contributed by atoms with van der Waals surface area (Å²) in [7, 11) is 0. The van der Waals surface area contributed by atoms with Crippen LogP contribution in [0.25, 0.3) is 10.8 Å². The Balaban J connectivity index is 1.61. The van der Waals surface area contributed by atoms with E-state index in [1.807, 2.05) is 43.3 Å². The minimum absolute atomic E-state index is 0.00703. The third-order valence-electron chi connectivity index (χ3n) is 4.43. The highest BCUT2D eigenvalue weighted by Crippen LogP contribution is 2.32. The minimum Gasteiger partial charge on any atom is -0.347 e. The molecule has 1 heterocycles. The SMILES string of the molecule is Cc1ncc(CNC(=O)c2cc3ccccc3cc2NC(=O)C2CC2)s1. The number of fused-ring (bicyclic) bond motifs is 1. The van der Waals surface area contributed by atoms with Crippen LogP contribution in [0.2, 0.25) is 0 Å². The molecule has 0 unspecified atom stereocenters. The quantitative estimate of drug-likeness (QED) is 0.721. The van der Waals surface area contributed by atoms with Gasteiger partial charge in [0.1, 0.15) is 0 Å². The molecule has 0 spiro atoms. The second-order valence-electron chi connectivity index (χ2n) is 6.54. The number of hydrogen-bond acceptors (Lipinski definition) is 4. The number of amides is 2. The minimum atomic E-state index is -0.201. The Morgan fingerprint density at radius 2 is 1.92 bits per heavy atom. The Bertz CT molecular complexity index is 992. The second kappa shape index (κ2) is 6.88. The molecule has 6 heteroatoms. The van der Waals surface area contributed by atoms with Crippen LogP contribution in [0.3, 0.4) is 0 Å². The van der Waals surface area contributed by atoms with Crippen LogP contribution in [0.4, 0.5) is 5.69 Å². The fourth-order valence-electron chi connectivity index (χ4n) is 2.86. The molecule has 1 aliphatic carbocycles. The number of hydrogen-bond donors (Lipinski definition) is 2. The standard InChI is InChI=1S/C20H19N3O2S/c1-12-21-10-16(26-12)11-22-20(25)17-8-14-4-2-3-5-15(14)9-18(17)23-19(24)13-6-7-13/h2-5,8-10,13H,6-7,11H2,1H3,(H,22,25)(H,23,24). The number of benzene rings is 2. The molecule has 0 radical (unpaired) electrons. The van der Waals surface area contributed by atoms with Crippen LogP contribution in [0.1, 0.15) is 33.1 Å². The van der Waals surface area contributed by atoms with Gasteiger partial charge in [-0.1, -0.05) is 24.3 Å². The topological polar surface area (TPSA) is 71.1 Å². The Kier molecular flexibility index (Phi) is 4.42. The van der Waals surface area contributed by atoms with Crippen molar-refractivity contribution in [3.8, 4) is 0 Å². The molecule has 0 aliphatic heterocycles. The van der Waals surface area contributed by atoms with Crippen LogP contribution < -0.4 is 10.6 Å². The van der Waals surface area contributed by atoms with Gasteiger partial charge in [-0.15, -0.1) is 11.3 Å². The predicted octanol–water partition coefficient (Wildman–Crippen LogP) is 3.88. The molecule has 1 saturated carbocycles. The smallest absolute Gasteiger partial charge is 0.253 e. The van der Waals surface area contributed by atoms with Crippen molar-refractivity contribution >= 4 is 39.6 Å². The molecule has 132 valence electrons. The van der Waals surface area contributed by atoms with Gasteiger partial charge in [-0.3, -0.25) is 9.59 Å². The van der Waals surface area contributed by atoms with Gasteiger partial charge in [-0.25, -0.2) is 4.98 Å². The monoisotopic (exact) mass is 365 g/mol. The zero-order valence-electron chi connectivity index (χ0n) is 14.4. The van der Waals surface area contributed by atoms with E-state index in [4.69, 9.17) is 0 Å². The van der Waals surface area contributed by atoms with Gasteiger partial charge in [-0.2, -0.15) is 0 Å². The van der Waals surface area contributed by atoms with Crippen molar-refractivity contribution in [3.63, 3.8) is 0 Å². The molecule has 26 heavy (non-hydrogen) atoms. The van der Waals surface area contributed by atoms with Crippen molar-refractivity contribution < 1.29 is 9.59 Å². The van der Waals surface area contributed by atoms with E-state index in [0.717, 1.165) is 33.5 Å². The molecule has 1 aliphatic rings. The molecule has 5 nitrogen and oxygen atoms in total. The fourth-order valence-corrected chi connectivity index (χ4v) is 3.60. The highest BCUT2D eigenvalue weighted by molar-refractivity contribution is 7.11. The summed E-state index contributed by atoms with van der Waals surface area (Å²) in [5, 5.41) is 8.80. The van der Waals surface area contributed by atoms with Crippen molar-refractivity contribution in [3.05, 3.63) is 58.0 Å². The van der Waals surface area contributed by atoms with Crippen LogP contribution in [-0.2, 0) is 11.3 Å². The second-order valence-corrected chi connectivity index (χ2v) is 7.86. The summed E-state index contributed by atoms with van der Waals surface area (Å²) in [5.41, 5.74) is 1.05. The molecule has 0 saturated heterocycles. The average Bonchev–Trinajstić information content (AvgIpc) is 3.41. The van der Waals surface area contributed by atoms with E-state index in [1.54, 1.807) is 17.5 Å². The summed E-state index contributed by atoms with van der Waals surface area (Å²) < 4.78 is 0. The summed E-state index contributed by atoms with van der Waals surface area (Å²) in [6, 6.07) is 11.5. The zero-order valence-corrected chi connectivity index (χ0v) is 15.2. The van der Waals surface area contributed by atoms with E-state index in [9.17, 15) is 9.59 Å². The number of carbonyl (C=O) groups is 2. The van der Waals surface area contributed by atoms with Gasteiger partial charge >= 0.3 is 0 Å². The van der Waals surface area contributed by atoms with Crippen molar-refractivity contribution in [1.82, 2.24) is 10.3 Å². The first-order chi connectivity index (χ1) is 12.6. The molecular formula is C20H19N3O2S. The van der Waals surface area contributed by atoms with Crippen LogP contribution in [0.5, 0.6) is 0 Å². The molecule has 0 bridgehead atoms. The third-order valence-corrected chi connectivity index (χ3v) is 5.34. The molecule has 1 fully saturated rings. The first-order valence-corrected chi connectivity index (χ1v) is 9.45. The number of nitrogens with zero attached hydrogens (tertiary/aromatic N) is 1. The van der Waals surface area contributed by atoms with Crippen LogP contribution in [0, 0.1) is 12.8 Å². The molecule has 1 aromatic heterocycles. The maximum Gasteiger partial charge on any atom is 0.253 e. The Hall–Kier alpha value is -2.73. The van der Waals surface area contributed by atoms with E-state index in [0.29, 0.717) is 17.8 Å². The summed E-state index contributed by atoms with van der Waals surface area (Å²) in [5.74, 6) is -0.127. The maximum absolute atomic E-state index is 12.8. The zero-order chi connectivity index (χ0) is 18.1. The normalized spacial score (nSPS) is 13.6. The molecule has 2 N–H and O–H groups in total. The number of rotatable bonds is 5. The summed E-state index contributed by atoms with van der Waals surface area (Å²) in [6.07, 6.45) is 3.62. The third kappa shape index (κ3) is 3.60. The molecule has 2 amide bonds. The maximum atomic E-state index is 12.8. The van der Waals surface area contributed by atoms with E-state index < -0.39 is 0 Å². The first kappa shape index (κ1) is 16.7. The Labute approximate surface area is 155 Å². The lowest BCUT2D eigenvalue weighted by Gasteiger charge is -2.13. The molecule has 2 aromatic carbocycles. The van der Waals surface area contributed by atoms with Crippen molar-refractivity contribution in [2.45, 2.75) is 26.3 Å². The average molecular weight is 365 g/mol. The highest BCUT2D eigenvalue weighted by Gasteiger charge is 2.30. The highest BCUT2D eigenvalue weighted by atomic mass is 32.1. The van der Waals surface area contributed by atoms with E-state index in [-0.39, 0.29) is 17.7 Å². The lowest BCUT2D eigenvalue weighted by atomic mass is 10.0. The summed E-state index contributed by atoms with van der Waals surface area (Å²) in [4.78, 5) is 30.2. The van der Waals surface area contributed by atoms with Crippen LogP contribution >= 0.6 is 11.3 Å². The van der Waals surface area contributed by atoms with Gasteiger partial charge in [-0.05, 0) is 42.7 Å². The molecular weight excluding hydrogens is 346 g/mol. The van der Waals surface area contributed by atoms with Gasteiger partial charge in [0.25, 0.3) is 5.91 Å². The molecule has 3 aromatic rings. The van der Waals surface area contributed by atoms with Gasteiger partial charge in [0.05, 0.1) is 22.8 Å². The Morgan fingerprint density at radius 1 is 1.19 bits per heavy atom. The lowest BCUT2D eigenvalue weighted by molar-refractivity contribution is -0.117. The molecule has 4 rings (SSSR count). The summed E-state index contributed by atoms with van der Waals surface area (Å²) in [6.45, 7) is 2.36. The van der Waals surface area contributed by atoms with Gasteiger partial charge in [0.15, 0.2) is 0 Å². The van der Waals surface area contributed by atoms with E-state index in [2.05, 4.69) is 15.6 Å². The van der Waals surface area contributed by atoms with Crippen LogP contribution in [0.15, 0.2) is 42.6 Å². The Morgan fingerprint density at radius 3 is 2.58 bits per heavy atom. The number of thiazole rings is 1. The van der Waals surface area contributed by atoms with Gasteiger partial charge in [0.2, 0.25) is 5.91 Å². The first-order valence-electron chi connectivity index (χ1n) is 8.63. The predicted molar refractivity (Wildman–Crippen MR) is 103 cm³/mol. The van der Waals surface area contributed by atoms with Crippen LogP contribution in [-0.4, -0.2) is 16.8 Å². The van der Waals surface area contributed by atoms with E-state index in [1.165, 1.54) is 0 Å². The number of aromatic nitrogens is 1. The lowest BCUT2D eigenvalue weighted by Crippen LogP contribution is -2.25. The van der Waals surface area contributed by atoms with Gasteiger partial charge < -0.3 is 10.6 Å².